The van der Waals surface area contributed by atoms with Crippen molar-refractivity contribution >= 4 is 11.6 Å². The molecule has 120 valence electrons. The largest absolute Gasteiger partial charge is 0.370 e. The van der Waals surface area contributed by atoms with Crippen molar-refractivity contribution in [3.05, 3.63) is 11.4 Å². The third-order valence-electron chi connectivity index (χ3n) is 3.73. The highest BCUT2D eigenvalue weighted by atomic mass is 15.1. The topological polar surface area (TPSA) is 49.8 Å². The Labute approximate surface area is 130 Å². The van der Waals surface area contributed by atoms with Crippen LogP contribution in [0.5, 0.6) is 0 Å². The summed E-state index contributed by atoms with van der Waals surface area (Å²) < 4.78 is 0. The Bertz CT molecular complexity index is 417. The van der Waals surface area contributed by atoms with E-state index < -0.39 is 0 Å². The maximum Gasteiger partial charge on any atom is 0.134 e. The number of rotatable bonds is 10. The zero-order valence-corrected chi connectivity index (χ0v) is 14.4. The summed E-state index contributed by atoms with van der Waals surface area (Å²) in [6.07, 6.45) is 7.29. The summed E-state index contributed by atoms with van der Waals surface area (Å²) in [6, 6.07) is 0.453. The molecular formula is C17H32N4. The third kappa shape index (κ3) is 5.90. The Hall–Kier alpha value is -1.32. The fourth-order valence-corrected chi connectivity index (χ4v) is 2.38. The Morgan fingerprint density at radius 3 is 2.33 bits per heavy atom. The lowest BCUT2D eigenvalue weighted by atomic mass is 10.1. The summed E-state index contributed by atoms with van der Waals surface area (Å²) in [5.74, 6) is 2.85. The molecule has 0 fully saturated rings. The molecule has 1 unspecified atom stereocenters. The van der Waals surface area contributed by atoms with Gasteiger partial charge in [-0.3, -0.25) is 0 Å². The van der Waals surface area contributed by atoms with Crippen LogP contribution in [0.25, 0.3) is 0 Å². The van der Waals surface area contributed by atoms with Crippen LogP contribution in [0.1, 0.15) is 71.2 Å². The monoisotopic (exact) mass is 292 g/mol. The first-order valence-corrected chi connectivity index (χ1v) is 8.50. The number of hydrogen-bond acceptors (Lipinski definition) is 4. The summed E-state index contributed by atoms with van der Waals surface area (Å²) in [4.78, 5) is 9.23. The van der Waals surface area contributed by atoms with Crippen molar-refractivity contribution in [2.24, 2.45) is 0 Å². The highest BCUT2D eigenvalue weighted by Gasteiger charge is 2.11. The van der Waals surface area contributed by atoms with Crippen LogP contribution in [-0.2, 0) is 6.42 Å². The van der Waals surface area contributed by atoms with Crippen molar-refractivity contribution in [3.8, 4) is 0 Å². The Morgan fingerprint density at radius 2 is 1.71 bits per heavy atom. The summed E-state index contributed by atoms with van der Waals surface area (Å²) in [6.45, 7) is 11.7. The molecule has 21 heavy (non-hydrogen) atoms. The number of nitrogens with one attached hydrogen (secondary N) is 2. The molecule has 0 aromatic carbocycles. The van der Waals surface area contributed by atoms with Crippen LogP contribution < -0.4 is 10.6 Å². The molecule has 0 aliphatic carbocycles. The average Bonchev–Trinajstić information content (AvgIpc) is 2.47. The Balaban J connectivity index is 2.70. The second-order valence-corrected chi connectivity index (χ2v) is 5.74. The average molecular weight is 292 g/mol. The first-order chi connectivity index (χ1) is 10.1. The van der Waals surface area contributed by atoms with Crippen LogP contribution in [0.15, 0.2) is 0 Å². The Morgan fingerprint density at radius 1 is 1.00 bits per heavy atom. The van der Waals surface area contributed by atoms with Crippen molar-refractivity contribution in [1.29, 1.82) is 0 Å². The van der Waals surface area contributed by atoms with Gasteiger partial charge in [-0.1, -0.05) is 39.5 Å². The molecule has 1 rings (SSSR count). The van der Waals surface area contributed by atoms with E-state index in [9.17, 15) is 0 Å². The lowest BCUT2D eigenvalue weighted by Gasteiger charge is -2.18. The van der Waals surface area contributed by atoms with Crippen molar-refractivity contribution in [2.45, 2.75) is 79.2 Å². The van der Waals surface area contributed by atoms with Gasteiger partial charge in [0.2, 0.25) is 0 Å². The molecule has 4 nitrogen and oxygen atoms in total. The molecule has 4 heteroatoms. The predicted octanol–water partition coefficient (Wildman–Crippen LogP) is 4.55. The molecule has 0 spiro atoms. The van der Waals surface area contributed by atoms with E-state index in [-0.39, 0.29) is 0 Å². The number of aromatic nitrogens is 2. The predicted molar refractivity (Wildman–Crippen MR) is 92.2 cm³/mol. The summed E-state index contributed by atoms with van der Waals surface area (Å²) in [7, 11) is 0. The van der Waals surface area contributed by atoms with Gasteiger partial charge in [-0.2, -0.15) is 0 Å². The maximum absolute atomic E-state index is 4.66. The van der Waals surface area contributed by atoms with E-state index in [2.05, 4.69) is 55.2 Å². The van der Waals surface area contributed by atoms with Crippen LogP contribution in [0.3, 0.4) is 0 Å². The van der Waals surface area contributed by atoms with Gasteiger partial charge in [0.05, 0.1) is 0 Å². The second kappa shape index (κ2) is 9.59. The molecule has 1 aromatic rings. The van der Waals surface area contributed by atoms with Gasteiger partial charge >= 0.3 is 0 Å². The van der Waals surface area contributed by atoms with Gasteiger partial charge in [0, 0.05) is 24.6 Å². The molecule has 1 atom stereocenters. The molecule has 1 heterocycles. The van der Waals surface area contributed by atoms with Crippen LogP contribution >= 0.6 is 0 Å². The molecule has 0 radical (unpaired) electrons. The van der Waals surface area contributed by atoms with Crippen molar-refractivity contribution in [3.63, 3.8) is 0 Å². The molecule has 0 amide bonds. The number of unbranched alkanes of at least 4 members (excludes halogenated alkanes) is 3. The molecule has 0 saturated heterocycles. The van der Waals surface area contributed by atoms with E-state index in [0.717, 1.165) is 36.0 Å². The standard InChI is InChI=1S/C17H32N4/c1-6-9-10-11-12-13(4)19-17-14(5)16(18-8-3)20-15(7-2)21-17/h13H,6-12H2,1-5H3,(H2,18,19,20,21). The number of nitrogens with zero attached hydrogens (tertiary/aromatic N) is 2. The van der Waals surface area contributed by atoms with E-state index in [1.165, 1.54) is 32.1 Å². The summed E-state index contributed by atoms with van der Waals surface area (Å²) >= 11 is 0. The van der Waals surface area contributed by atoms with E-state index in [1.807, 2.05) is 0 Å². The number of aryl methyl sites for hydroxylation is 1. The molecule has 0 saturated carbocycles. The number of anilines is 2. The maximum atomic E-state index is 4.66. The van der Waals surface area contributed by atoms with Gasteiger partial charge in [0.15, 0.2) is 0 Å². The molecule has 2 N–H and O–H groups in total. The fraction of sp³-hybridized carbons (Fsp3) is 0.765. The molecule has 0 bridgehead atoms. The fourth-order valence-electron chi connectivity index (χ4n) is 2.38. The smallest absolute Gasteiger partial charge is 0.134 e. The quantitative estimate of drug-likeness (QED) is 0.621. The summed E-state index contributed by atoms with van der Waals surface area (Å²) in [5.41, 5.74) is 1.12. The second-order valence-electron chi connectivity index (χ2n) is 5.74. The zero-order valence-electron chi connectivity index (χ0n) is 14.4. The normalized spacial score (nSPS) is 12.2. The van der Waals surface area contributed by atoms with Gasteiger partial charge in [-0.05, 0) is 27.2 Å². The highest BCUT2D eigenvalue weighted by molar-refractivity contribution is 5.57. The van der Waals surface area contributed by atoms with Crippen molar-refractivity contribution in [1.82, 2.24) is 9.97 Å². The van der Waals surface area contributed by atoms with E-state index in [4.69, 9.17) is 0 Å². The Kier molecular flexibility index (Phi) is 8.09. The van der Waals surface area contributed by atoms with Gasteiger partial charge in [-0.25, -0.2) is 9.97 Å². The van der Waals surface area contributed by atoms with Crippen molar-refractivity contribution < 1.29 is 0 Å². The van der Waals surface area contributed by atoms with Crippen LogP contribution in [-0.4, -0.2) is 22.6 Å². The lowest BCUT2D eigenvalue weighted by Crippen LogP contribution is -2.18. The van der Waals surface area contributed by atoms with Gasteiger partial charge in [-0.15, -0.1) is 0 Å². The van der Waals surface area contributed by atoms with Gasteiger partial charge in [0.1, 0.15) is 17.5 Å². The minimum Gasteiger partial charge on any atom is -0.370 e. The van der Waals surface area contributed by atoms with Crippen LogP contribution in [0.4, 0.5) is 11.6 Å². The number of hydrogen-bond donors (Lipinski definition) is 2. The minimum atomic E-state index is 0.453. The third-order valence-corrected chi connectivity index (χ3v) is 3.73. The zero-order chi connectivity index (χ0) is 15.7. The molecular weight excluding hydrogens is 260 g/mol. The minimum absolute atomic E-state index is 0.453. The lowest BCUT2D eigenvalue weighted by molar-refractivity contribution is 0.592. The first-order valence-electron chi connectivity index (χ1n) is 8.50. The summed E-state index contributed by atoms with van der Waals surface area (Å²) in [5, 5.41) is 6.90. The molecule has 0 aliphatic heterocycles. The molecule has 1 aromatic heterocycles. The van der Waals surface area contributed by atoms with E-state index >= 15 is 0 Å². The SMILES string of the molecule is CCCCCCC(C)Nc1nc(CC)nc(NCC)c1C. The van der Waals surface area contributed by atoms with Crippen molar-refractivity contribution in [2.75, 3.05) is 17.2 Å². The van der Waals surface area contributed by atoms with E-state index in [0.29, 0.717) is 6.04 Å². The van der Waals surface area contributed by atoms with Gasteiger partial charge in [0.25, 0.3) is 0 Å². The highest BCUT2D eigenvalue weighted by Crippen LogP contribution is 2.21. The molecule has 0 aliphatic rings. The van der Waals surface area contributed by atoms with Gasteiger partial charge < -0.3 is 10.6 Å². The van der Waals surface area contributed by atoms with Crippen LogP contribution in [0.2, 0.25) is 0 Å². The first kappa shape index (κ1) is 17.7. The van der Waals surface area contributed by atoms with Crippen LogP contribution in [0, 0.1) is 6.92 Å². The van der Waals surface area contributed by atoms with E-state index in [1.54, 1.807) is 0 Å².